The molecule has 1 aliphatic heterocycles. The third kappa shape index (κ3) is 2.37. The molecule has 1 amide bonds. The molecule has 1 unspecified atom stereocenters. The molecule has 0 saturated carbocycles. The summed E-state index contributed by atoms with van der Waals surface area (Å²) in [6.07, 6.45) is 1.80. The third-order valence-electron chi connectivity index (χ3n) is 3.65. The first-order valence-corrected chi connectivity index (χ1v) is 7.74. The Morgan fingerprint density at radius 2 is 2.15 bits per heavy atom. The molecule has 2 N–H and O–H groups in total. The molecule has 3 nitrogen and oxygen atoms in total. The Kier molecular flexibility index (Phi) is 3.59. The van der Waals surface area contributed by atoms with E-state index < -0.39 is 0 Å². The van der Waals surface area contributed by atoms with Crippen LogP contribution in [-0.4, -0.2) is 18.5 Å². The van der Waals surface area contributed by atoms with Crippen LogP contribution in [0.3, 0.4) is 0 Å². The number of fused-ring (bicyclic) bond motifs is 1. The Balaban J connectivity index is 1.95. The smallest absolute Gasteiger partial charge is 0.268 e. The molecule has 0 bridgehead atoms. The van der Waals surface area contributed by atoms with Crippen molar-refractivity contribution in [1.29, 1.82) is 0 Å². The second-order valence-electron chi connectivity index (χ2n) is 5.13. The number of hydrogen-bond donors (Lipinski definition) is 1. The van der Waals surface area contributed by atoms with Crippen LogP contribution in [-0.2, 0) is 12.8 Å². The number of nitrogens with two attached hydrogens (primary N) is 1. The second kappa shape index (κ2) is 5.38. The second-order valence-corrected chi connectivity index (χ2v) is 6.30. The number of benzene rings is 1. The van der Waals surface area contributed by atoms with Gasteiger partial charge in [0.15, 0.2) is 0 Å². The number of amides is 1. The summed E-state index contributed by atoms with van der Waals surface area (Å²) in [5.41, 5.74) is 8.26. The van der Waals surface area contributed by atoms with Crippen molar-refractivity contribution in [1.82, 2.24) is 0 Å². The van der Waals surface area contributed by atoms with E-state index in [4.69, 9.17) is 5.73 Å². The standard InChI is InChI=1S/C16H18N2OS/c1-2-13-7-8-15(20-13)16(19)18-10-12(17)9-11-5-3-4-6-14(11)18/h3-8,12H,2,9-10,17H2,1H3. The van der Waals surface area contributed by atoms with Gasteiger partial charge in [0.2, 0.25) is 0 Å². The Bertz CT molecular complexity index is 635. The van der Waals surface area contributed by atoms with Crippen LogP contribution in [0.4, 0.5) is 5.69 Å². The molecule has 3 rings (SSSR count). The van der Waals surface area contributed by atoms with Crippen molar-refractivity contribution in [3.05, 3.63) is 51.7 Å². The van der Waals surface area contributed by atoms with Crippen LogP contribution in [0.2, 0.25) is 0 Å². The van der Waals surface area contributed by atoms with Gasteiger partial charge in [-0.25, -0.2) is 0 Å². The highest BCUT2D eigenvalue weighted by Gasteiger charge is 2.27. The summed E-state index contributed by atoms with van der Waals surface area (Å²) in [5, 5.41) is 0. The molecule has 0 saturated heterocycles. The van der Waals surface area contributed by atoms with Crippen molar-refractivity contribution in [3.63, 3.8) is 0 Å². The number of carbonyl (C=O) groups is 1. The molecule has 0 aliphatic carbocycles. The predicted molar refractivity (Wildman–Crippen MR) is 83.5 cm³/mol. The van der Waals surface area contributed by atoms with E-state index in [2.05, 4.69) is 13.0 Å². The minimum Gasteiger partial charge on any atom is -0.326 e. The van der Waals surface area contributed by atoms with Crippen LogP contribution < -0.4 is 10.6 Å². The number of thiophene rings is 1. The van der Waals surface area contributed by atoms with E-state index in [-0.39, 0.29) is 11.9 Å². The van der Waals surface area contributed by atoms with Crippen molar-refractivity contribution in [2.45, 2.75) is 25.8 Å². The van der Waals surface area contributed by atoms with Crippen molar-refractivity contribution in [2.75, 3.05) is 11.4 Å². The van der Waals surface area contributed by atoms with Crippen molar-refractivity contribution >= 4 is 22.9 Å². The Morgan fingerprint density at radius 3 is 2.90 bits per heavy atom. The molecule has 0 radical (unpaired) electrons. The van der Waals surface area contributed by atoms with E-state index in [0.717, 1.165) is 29.0 Å². The van der Waals surface area contributed by atoms with Crippen LogP contribution in [0.5, 0.6) is 0 Å². The number of nitrogens with zero attached hydrogens (tertiary/aromatic N) is 1. The zero-order valence-corrected chi connectivity index (χ0v) is 12.3. The van der Waals surface area contributed by atoms with Gasteiger partial charge in [0.1, 0.15) is 0 Å². The normalized spacial score (nSPS) is 17.9. The van der Waals surface area contributed by atoms with Gasteiger partial charge in [0.05, 0.1) is 4.88 Å². The first-order valence-electron chi connectivity index (χ1n) is 6.93. The molecule has 1 aromatic carbocycles. The van der Waals surface area contributed by atoms with Crippen LogP contribution in [0, 0.1) is 0 Å². The minimum absolute atomic E-state index is 0.0134. The lowest BCUT2D eigenvalue weighted by Gasteiger charge is -2.32. The highest BCUT2D eigenvalue weighted by Crippen LogP contribution is 2.29. The lowest BCUT2D eigenvalue weighted by molar-refractivity contribution is 0.0987. The van der Waals surface area contributed by atoms with Crippen LogP contribution in [0.1, 0.15) is 27.0 Å². The fourth-order valence-electron chi connectivity index (χ4n) is 2.63. The summed E-state index contributed by atoms with van der Waals surface area (Å²) in [6, 6.07) is 12.0. The molecule has 2 heterocycles. The molecule has 0 spiro atoms. The van der Waals surface area contributed by atoms with E-state index in [1.807, 2.05) is 35.2 Å². The SMILES string of the molecule is CCc1ccc(C(=O)N2CC(N)Cc3ccccc32)s1. The highest BCUT2D eigenvalue weighted by molar-refractivity contribution is 7.14. The molecule has 20 heavy (non-hydrogen) atoms. The molecule has 1 atom stereocenters. The fraction of sp³-hybridized carbons (Fsp3) is 0.312. The van der Waals surface area contributed by atoms with Crippen molar-refractivity contribution in [3.8, 4) is 0 Å². The van der Waals surface area contributed by atoms with Gasteiger partial charge in [-0.2, -0.15) is 0 Å². The Labute approximate surface area is 123 Å². The summed E-state index contributed by atoms with van der Waals surface area (Å²) >= 11 is 1.58. The van der Waals surface area contributed by atoms with E-state index in [9.17, 15) is 4.79 Å². The molecular formula is C16H18N2OS. The third-order valence-corrected chi connectivity index (χ3v) is 4.87. The highest BCUT2D eigenvalue weighted by atomic mass is 32.1. The average molecular weight is 286 g/mol. The van der Waals surface area contributed by atoms with E-state index in [1.165, 1.54) is 4.88 Å². The first-order chi connectivity index (χ1) is 9.69. The molecule has 1 aromatic heterocycles. The van der Waals surface area contributed by atoms with Crippen molar-refractivity contribution in [2.24, 2.45) is 5.73 Å². The number of anilines is 1. The van der Waals surface area contributed by atoms with E-state index >= 15 is 0 Å². The zero-order valence-electron chi connectivity index (χ0n) is 11.5. The number of aryl methyl sites for hydroxylation is 1. The summed E-state index contributed by atoms with van der Waals surface area (Å²) < 4.78 is 0. The van der Waals surface area contributed by atoms with Gasteiger partial charge in [-0.3, -0.25) is 4.79 Å². The summed E-state index contributed by atoms with van der Waals surface area (Å²) in [6.45, 7) is 2.70. The van der Waals surface area contributed by atoms with Gasteiger partial charge < -0.3 is 10.6 Å². The van der Waals surface area contributed by atoms with Gasteiger partial charge in [-0.15, -0.1) is 11.3 Å². The van der Waals surface area contributed by atoms with Crippen LogP contribution in [0.15, 0.2) is 36.4 Å². The Hall–Kier alpha value is -1.65. The molecule has 2 aromatic rings. The van der Waals surface area contributed by atoms with E-state index in [1.54, 1.807) is 11.3 Å². The quantitative estimate of drug-likeness (QED) is 0.922. The fourth-order valence-corrected chi connectivity index (χ4v) is 3.53. The number of rotatable bonds is 2. The average Bonchev–Trinajstić information content (AvgIpc) is 2.94. The number of hydrogen-bond acceptors (Lipinski definition) is 3. The summed E-state index contributed by atoms with van der Waals surface area (Å²) in [7, 11) is 0. The monoisotopic (exact) mass is 286 g/mol. The Morgan fingerprint density at radius 1 is 1.35 bits per heavy atom. The number of carbonyl (C=O) groups excluding carboxylic acids is 1. The summed E-state index contributed by atoms with van der Waals surface area (Å²) in [4.78, 5) is 16.6. The van der Waals surface area contributed by atoms with Gasteiger partial charge in [-0.1, -0.05) is 25.1 Å². The first kappa shape index (κ1) is 13.3. The van der Waals surface area contributed by atoms with Gasteiger partial charge in [-0.05, 0) is 36.6 Å². The van der Waals surface area contributed by atoms with Crippen molar-refractivity contribution < 1.29 is 4.79 Å². The lowest BCUT2D eigenvalue weighted by atomic mass is 9.98. The molecule has 104 valence electrons. The number of para-hydroxylation sites is 1. The summed E-state index contributed by atoms with van der Waals surface area (Å²) in [5.74, 6) is 0.0669. The van der Waals surface area contributed by atoms with Crippen LogP contribution in [0.25, 0.3) is 0 Å². The predicted octanol–water partition coefficient (Wildman–Crippen LogP) is 2.84. The largest absolute Gasteiger partial charge is 0.326 e. The molecule has 1 aliphatic rings. The van der Waals surface area contributed by atoms with Crippen LogP contribution >= 0.6 is 11.3 Å². The maximum Gasteiger partial charge on any atom is 0.268 e. The molecular weight excluding hydrogens is 268 g/mol. The van der Waals surface area contributed by atoms with Gasteiger partial charge in [0, 0.05) is 23.2 Å². The molecule has 4 heteroatoms. The van der Waals surface area contributed by atoms with E-state index in [0.29, 0.717) is 6.54 Å². The topological polar surface area (TPSA) is 46.3 Å². The molecule has 0 fully saturated rings. The minimum atomic E-state index is 0.0134. The van der Waals surface area contributed by atoms with Gasteiger partial charge >= 0.3 is 0 Å². The maximum atomic E-state index is 12.7. The zero-order chi connectivity index (χ0) is 14.1. The van der Waals surface area contributed by atoms with Gasteiger partial charge in [0.25, 0.3) is 5.91 Å². The lowest BCUT2D eigenvalue weighted by Crippen LogP contribution is -2.46. The maximum absolute atomic E-state index is 12.7.